The molecule has 5 heteroatoms. The highest BCUT2D eigenvalue weighted by molar-refractivity contribution is 6.30. The van der Waals surface area contributed by atoms with E-state index in [2.05, 4.69) is 10.3 Å². The SMILES string of the molecule is CC(C)(C)/C(Cn1cc(Cl)cn1)=N\O. The van der Waals surface area contributed by atoms with Crippen LogP contribution in [0.25, 0.3) is 0 Å². The van der Waals surface area contributed by atoms with E-state index in [1.54, 1.807) is 17.1 Å². The second-order valence-corrected chi connectivity index (χ2v) is 4.59. The van der Waals surface area contributed by atoms with Gasteiger partial charge in [-0.15, -0.1) is 0 Å². The van der Waals surface area contributed by atoms with Crippen LogP contribution < -0.4 is 0 Å². The number of hydrogen-bond donors (Lipinski definition) is 1. The molecule has 1 N–H and O–H groups in total. The molecule has 78 valence electrons. The first kappa shape index (κ1) is 11.0. The van der Waals surface area contributed by atoms with Gasteiger partial charge in [0.2, 0.25) is 0 Å². The van der Waals surface area contributed by atoms with Crippen LogP contribution in [0.3, 0.4) is 0 Å². The van der Waals surface area contributed by atoms with Gasteiger partial charge in [-0.3, -0.25) is 4.68 Å². The Labute approximate surface area is 88.2 Å². The van der Waals surface area contributed by atoms with E-state index < -0.39 is 0 Å². The number of aromatic nitrogens is 2. The van der Waals surface area contributed by atoms with Crippen LogP contribution in [-0.2, 0) is 6.54 Å². The van der Waals surface area contributed by atoms with Crippen molar-refractivity contribution in [1.82, 2.24) is 9.78 Å². The Morgan fingerprint density at radius 2 is 2.29 bits per heavy atom. The molecule has 0 spiro atoms. The lowest BCUT2D eigenvalue weighted by atomic mass is 9.90. The van der Waals surface area contributed by atoms with E-state index in [0.29, 0.717) is 17.3 Å². The zero-order valence-corrected chi connectivity index (χ0v) is 9.28. The van der Waals surface area contributed by atoms with Gasteiger partial charge in [-0.25, -0.2) is 0 Å². The largest absolute Gasteiger partial charge is 0.411 e. The van der Waals surface area contributed by atoms with Crippen LogP contribution in [0.5, 0.6) is 0 Å². The van der Waals surface area contributed by atoms with E-state index in [1.807, 2.05) is 20.8 Å². The first-order valence-electron chi connectivity index (χ1n) is 4.33. The van der Waals surface area contributed by atoms with Gasteiger partial charge in [-0.2, -0.15) is 5.10 Å². The summed E-state index contributed by atoms with van der Waals surface area (Å²) in [7, 11) is 0. The molecule has 14 heavy (non-hydrogen) atoms. The van der Waals surface area contributed by atoms with Gasteiger partial charge in [0.1, 0.15) is 0 Å². The summed E-state index contributed by atoms with van der Waals surface area (Å²) in [5.74, 6) is 0. The second kappa shape index (κ2) is 4.00. The molecule has 0 fully saturated rings. The van der Waals surface area contributed by atoms with Crippen molar-refractivity contribution in [2.24, 2.45) is 10.6 Å². The van der Waals surface area contributed by atoms with Crippen molar-refractivity contribution in [3.8, 4) is 0 Å². The average molecular weight is 216 g/mol. The Hall–Kier alpha value is -1.03. The molecule has 1 rings (SSSR count). The first-order chi connectivity index (χ1) is 6.43. The molecule has 1 heterocycles. The first-order valence-corrected chi connectivity index (χ1v) is 4.70. The van der Waals surface area contributed by atoms with E-state index in [4.69, 9.17) is 16.8 Å². The van der Waals surface area contributed by atoms with Crippen molar-refractivity contribution >= 4 is 17.3 Å². The number of rotatable bonds is 2. The van der Waals surface area contributed by atoms with Gasteiger partial charge >= 0.3 is 0 Å². The van der Waals surface area contributed by atoms with Gasteiger partial charge in [0.25, 0.3) is 0 Å². The zero-order chi connectivity index (χ0) is 10.8. The number of nitrogens with zero attached hydrogens (tertiary/aromatic N) is 3. The van der Waals surface area contributed by atoms with Crippen LogP contribution >= 0.6 is 11.6 Å². The maximum absolute atomic E-state index is 8.84. The fourth-order valence-corrected chi connectivity index (χ4v) is 1.15. The number of oxime groups is 1. The third-order valence-electron chi connectivity index (χ3n) is 1.90. The lowest BCUT2D eigenvalue weighted by molar-refractivity contribution is 0.307. The summed E-state index contributed by atoms with van der Waals surface area (Å²) in [5.41, 5.74) is 0.491. The van der Waals surface area contributed by atoms with Gasteiger partial charge in [-0.1, -0.05) is 37.5 Å². The summed E-state index contributed by atoms with van der Waals surface area (Å²) in [5, 5.41) is 16.7. The van der Waals surface area contributed by atoms with E-state index in [-0.39, 0.29) is 5.41 Å². The molecule has 0 aliphatic carbocycles. The summed E-state index contributed by atoms with van der Waals surface area (Å²) < 4.78 is 1.64. The number of hydrogen-bond acceptors (Lipinski definition) is 3. The minimum atomic E-state index is -0.173. The molecule has 0 aliphatic rings. The quantitative estimate of drug-likeness (QED) is 0.468. The van der Waals surface area contributed by atoms with E-state index in [9.17, 15) is 0 Å². The molecule has 4 nitrogen and oxygen atoms in total. The Morgan fingerprint density at radius 1 is 1.64 bits per heavy atom. The molecule has 0 amide bonds. The maximum atomic E-state index is 8.84. The third kappa shape index (κ3) is 2.73. The third-order valence-corrected chi connectivity index (χ3v) is 2.10. The Bertz CT molecular complexity index is 338. The van der Waals surface area contributed by atoms with Crippen LogP contribution in [0.4, 0.5) is 0 Å². The van der Waals surface area contributed by atoms with E-state index in [0.717, 1.165) is 0 Å². The Balaban J connectivity index is 2.77. The van der Waals surface area contributed by atoms with Crippen LogP contribution in [-0.4, -0.2) is 20.7 Å². The molecule has 1 aromatic rings. The van der Waals surface area contributed by atoms with E-state index in [1.165, 1.54) is 0 Å². The van der Waals surface area contributed by atoms with Crippen LogP contribution in [0.15, 0.2) is 17.5 Å². The molecule has 0 aromatic carbocycles. The predicted octanol–water partition coefficient (Wildman–Crippen LogP) is 2.41. The average Bonchev–Trinajstić information content (AvgIpc) is 2.45. The molecule has 1 aromatic heterocycles. The second-order valence-electron chi connectivity index (χ2n) is 4.15. The predicted molar refractivity (Wildman–Crippen MR) is 55.9 cm³/mol. The van der Waals surface area contributed by atoms with Gasteiger partial charge in [0.05, 0.1) is 23.5 Å². The normalized spacial score (nSPS) is 13.3. The minimum absolute atomic E-state index is 0.173. The summed E-state index contributed by atoms with van der Waals surface area (Å²) >= 11 is 5.72. The fourth-order valence-electron chi connectivity index (χ4n) is 0.997. The highest BCUT2D eigenvalue weighted by Gasteiger charge is 2.20. The summed E-state index contributed by atoms with van der Waals surface area (Å²) in [6.45, 7) is 6.39. The van der Waals surface area contributed by atoms with E-state index >= 15 is 0 Å². The van der Waals surface area contributed by atoms with Gasteiger partial charge < -0.3 is 5.21 Å². The van der Waals surface area contributed by atoms with Crippen molar-refractivity contribution in [2.75, 3.05) is 0 Å². The van der Waals surface area contributed by atoms with Crippen molar-refractivity contribution < 1.29 is 5.21 Å². The van der Waals surface area contributed by atoms with Gasteiger partial charge in [0.15, 0.2) is 0 Å². The highest BCUT2D eigenvalue weighted by Crippen LogP contribution is 2.17. The maximum Gasteiger partial charge on any atom is 0.0838 e. The lowest BCUT2D eigenvalue weighted by Crippen LogP contribution is -2.25. The van der Waals surface area contributed by atoms with Crippen molar-refractivity contribution in [2.45, 2.75) is 27.3 Å². The van der Waals surface area contributed by atoms with Crippen LogP contribution in [0.1, 0.15) is 20.8 Å². The van der Waals surface area contributed by atoms with Crippen molar-refractivity contribution in [3.05, 3.63) is 17.4 Å². The molecule has 0 bridgehead atoms. The molecule has 0 saturated carbocycles. The topological polar surface area (TPSA) is 50.4 Å². The fraction of sp³-hybridized carbons (Fsp3) is 0.556. The molecule has 0 aliphatic heterocycles. The standard InChI is InChI=1S/C9H14ClN3O/c1-9(2,3)8(12-14)6-13-5-7(10)4-11-13/h4-5,14H,6H2,1-3H3/b12-8-. The van der Waals surface area contributed by atoms with Crippen molar-refractivity contribution in [3.63, 3.8) is 0 Å². The van der Waals surface area contributed by atoms with Crippen LogP contribution in [0, 0.1) is 5.41 Å². The lowest BCUT2D eigenvalue weighted by Gasteiger charge is -2.19. The van der Waals surface area contributed by atoms with Crippen LogP contribution in [0.2, 0.25) is 5.02 Å². The smallest absolute Gasteiger partial charge is 0.0838 e. The van der Waals surface area contributed by atoms with Gasteiger partial charge in [0, 0.05) is 11.6 Å². The molecule has 0 radical (unpaired) electrons. The number of halogens is 1. The monoisotopic (exact) mass is 215 g/mol. The van der Waals surface area contributed by atoms with Crippen molar-refractivity contribution in [1.29, 1.82) is 0 Å². The summed E-state index contributed by atoms with van der Waals surface area (Å²) in [6.07, 6.45) is 3.25. The molecule has 0 saturated heterocycles. The van der Waals surface area contributed by atoms with Gasteiger partial charge in [-0.05, 0) is 0 Å². The molecular weight excluding hydrogens is 202 g/mol. The molecular formula is C9H14ClN3O. The summed E-state index contributed by atoms with van der Waals surface area (Å²) in [6, 6.07) is 0. The Morgan fingerprint density at radius 3 is 2.64 bits per heavy atom. The summed E-state index contributed by atoms with van der Waals surface area (Å²) in [4.78, 5) is 0. The molecule has 0 unspecified atom stereocenters. The highest BCUT2D eigenvalue weighted by atomic mass is 35.5. The molecule has 0 atom stereocenters. The zero-order valence-electron chi connectivity index (χ0n) is 8.53. The minimum Gasteiger partial charge on any atom is -0.411 e. The Kier molecular flexibility index (Phi) is 3.16.